The van der Waals surface area contributed by atoms with Gasteiger partial charge in [0, 0.05) is 12.5 Å². The van der Waals surface area contributed by atoms with Crippen molar-refractivity contribution < 1.29 is 23.9 Å². The summed E-state index contributed by atoms with van der Waals surface area (Å²) in [5.74, 6) is -1.69. The summed E-state index contributed by atoms with van der Waals surface area (Å²) >= 11 is 0. The van der Waals surface area contributed by atoms with E-state index in [-0.39, 0.29) is 30.8 Å². The summed E-state index contributed by atoms with van der Waals surface area (Å²) < 4.78 is 5.20. The van der Waals surface area contributed by atoms with Gasteiger partial charge in [-0.15, -0.1) is 0 Å². The van der Waals surface area contributed by atoms with Crippen LogP contribution in [0.15, 0.2) is 30.3 Å². The smallest absolute Gasteiger partial charge is 0.408 e. The first-order valence-corrected chi connectivity index (χ1v) is 10.6. The highest BCUT2D eigenvalue weighted by Gasteiger charge is 2.31. The molecule has 0 unspecified atom stereocenters. The van der Waals surface area contributed by atoms with Crippen LogP contribution in [-0.2, 0) is 25.7 Å². The summed E-state index contributed by atoms with van der Waals surface area (Å²) in [6.45, 7) is 4.50. The predicted octanol–water partition coefficient (Wildman–Crippen LogP) is 1.21. The van der Waals surface area contributed by atoms with Crippen molar-refractivity contribution in [3.05, 3.63) is 35.9 Å². The Bertz CT molecular complexity index is 768. The number of alkyl carbamates (subject to hydrolysis) is 1. The van der Waals surface area contributed by atoms with E-state index < -0.39 is 30.0 Å². The minimum Gasteiger partial charge on any atom is -0.445 e. The normalized spacial score (nSPS) is 17.9. The van der Waals surface area contributed by atoms with E-state index in [4.69, 9.17) is 10.5 Å². The van der Waals surface area contributed by atoms with Gasteiger partial charge in [-0.05, 0) is 37.2 Å². The van der Waals surface area contributed by atoms with Crippen LogP contribution in [0.3, 0.4) is 0 Å². The van der Waals surface area contributed by atoms with Gasteiger partial charge in [0.2, 0.25) is 17.7 Å². The number of hydrogen-bond donors (Lipinski definition) is 4. The van der Waals surface area contributed by atoms with Crippen LogP contribution in [-0.4, -0.2) is 42.4 Å². The molecular formula is C22H32N4O5. The molecule has 31 heavy (non-hydrogen) atoms. The number of carbonyl (C=O) groups excluding carboxylic acids is 4. The number of benzene rings is 1. The number of carbonyl (C=O) groups is 4. The molecule has 0 saturated carbocycles. The van der Waals surface area contributed by atoms with Crippen LogP contribution in [0.2, 0.25) is 0 Å². The number of amides is 4. The van der Waals surface area contributed by atoms with Crippen LogP contribution in [0.25, 0.3) is 0 Å². The Labute approximate surface area is 182 Å². The lowest BCUT2D eigenvalue weighted by Crippen LogP contribution is -2.54. The highest BCUT2D eigenvalue weighted by atomic mass is 16.5. The van der Waals surface area contributed by atoms with Gasteiger partial charge in [0.05, 0.1) is 0 Å². The molecule has 0 bridgehead atoms. The van der Waals surface area contributed by atoms with Gasteiger partial charge in [-0.1, -0.05) is 44.2 Å². The van der Waals surface area contributed by atoms with Crippen LogP contribution in [0.4, 0.5) is 4.79 Å². The fourth-order valence-corrected chi connectivity index (χ4v) is 3.47. The maximum absolute atomic E-state index is 12.8. The molecule has 1 fully saturated rings. The zero-order chi connectivity index (χ0) is 22.8. The van der Waals surface area contributed by atoms with Crippen molar-refractivity contribution in [2.24, 2.45) is 17.6 Å². The lowest BCUT2D eigenvalue weighted by atomic mass is 9.91. The third-order valence-electron chi connectivity index (χ3n) is 5.11. The van der Waals surface area contributed by atoms with Gasteiger partial charge < -0.3 is 26.4 Å². The minimum atomic E-state index is -1.00. The molecule has 170 valence electrons. The number of rotatable bonds is 10. The second-order valence-electron chi connectivity index (χ2n) is 8.22. The number of ether oxygens (including phenoxy) is 1. The van der Waals surface area contributed by atoms with Gasteiger partial charge in [0.25, 0.3) is 0 Å². The van der Waals surface area contributed by atoms with Crippen LogP contribution in [0, 0.1) is 11.8 Å². The van der Waals surface area contributed by atoms with E-state index in [2.05, 4.69) is 16.0 Å². The fourth-order valence-electron chi connectivity index (χ4n) is 3.47. The molecule has 5 N–H and O–H groups in total. The topological polar surface area (TPSA) is 140 Å². The number of piperidine rings is 1. The first-order chi connectivity index (χ1) is 14.8. The van der Waals surface area contributed by atoms with Crippen molar-refractivity contribution in [2.45, 2.75) is 58.2 Å². The summed E-state index contributed by atoms with van der Waals surface area (Å²) in [5.41, 5.74) is 6.29. The average molecular weight is 433 g/mol. The minimum absolute atomic E-state index is 0.0728. The predicted molar refractivity (Wildman–Crippen MR) is 114 cm³/mol. The standard InChI is InChI=1S/C22H32N4O5/c1-14(2)11-18(26-22(30)31-13-15-7-4-3-5-8-15)21(29)25-17(19(23)27)12-16-9-6-10-24-20(16)28/h3-5,7-8,14,16-18H,6,9-13H2,1-2H3,(H2,23,27)(H,24,28)(H,25,29)(H,26,30)/t16-,17-,18-/m0/s1. The van der Waals surface area contributed by atoms with Crippen LogP contribution >= 0.6 is 0 Å². The second-order valence-corrected chi connectivity index (χ2v) is 8.22. The van der Waals surface area contributed by atoms with Crippen LogP contribution < -0.4 is 21.7 Å². The molecule has 1 aromatic carbocycles. The average Bonchev–Trinajstić information content (AvgIpc) is 2.73. The monoisotopic (exact) mass is 432 g/mol. The van der Waals surface area contributed by atoms with Gasteiger partial charge in [0.1, 0.15) is 18.7 Å². The van der Waals surface area contributed by atoms with Gasteiger partial charge in [0.15, 0.2) is 0 Å². The maximum Gasteiger partial charge on any atom is 0.408 e. The second kappa shape index (κ2) is 11.9. The first kappa shape index (κ1) is 24.2. The Morgan fingerprint density at radius 2 is 1.87 bits per heavy atom. The molecule has 9 nitrogen and oxygen atoms in total. The van der Waals surface area contributed by atoms with E-state index in [1.165, 1.54) is 0 Å². The number of nitrogens with two attached hydrogens (primary N) is 1. The molecule has 0 aromatic heterocycles. The lowest BCUT2D eigenvalue weighted by Gasteiger charge is -2.27. The zero-order valence-corrected chi connectivity index (χ0v) is 18.1. The molecule has 3 atom stereocenters. The summed E-state index contributed by atoms with van der Waals surface area (Å²) in [4.78, 5) is 49.0. The Morgan fingerprint density at radius 3 is 2.48 bits per heavy atom. The molecule has 4 amide bonds. The summed E-state index contributed by atoms with van der Waals surface area (Å²) in [7, 11) is 0. The molecule has 9 heteroatoms. The van der Waals surface area contributed by atoms with Gasteiger partial charge in [-0.25, -0.2) is 4.79 Å². The Morgan fingerprint density at radius 1 is 1.16 bits per heavy atom. The zero-order valence-electron chi connectivity index (χ0n) is 18.1. The third-order valence-corrected chi connectivity index (χ3v) is 5.11. The number of nitrogens with one attached hydrogen (secondary N) is 3. The molecule has 1 aromatic rings. The van der Waals surface area contributed by atoms with Gasteiger partial charge in [-0.3, -0.25) is 14.4 Å². The molecular weight excluding hydrogens is 400 g/mol. The summed E-state index contributed by atoms with van der Waals surface area (Å²) in [6, 6.07) is 7.28. The molecule has 2 rings (SSSR count). The highest BCUT2D eigenvalue weighted by molar-refractivity contribution is 5.91. The molecule has 0 aliphatic carbocycles. The number of hydrogen-bond acceptors (Lipinski definition) is 5. The van der Waals surface area contributed by atoms with Gasteiger partial charge in [-0.2, -0.15) is 0 Å². The Kier molecular flexibility index (Phi) is 9.30. The molecule has 0 spiro atoms. The van der Waals surface area contributed by atoms with Crippen molar-refractivity contribution in [3.63, 3.8) is 0 Å². The SMILES string of the molecule is CC(C)C[C@H](NC(=O)OCc1ccccc1)C(=O)N[C@@H](C[C@@H]1CCCNC1=O)C(N)=O. The largest absolute Gasteiger partial charge is 0.445 e. The van der Waals surface area contributed by atoms with Crippen molar-refractivity contribution in [3.8, 4) is 0 Å². The summed E-state index contributed by atoms with van der Waals surface area (Å²) in [6.07, 6.45) is 1.18. The van der Waals surface area contributed by atoms with Crippen LogP contribution in [0.5, 0.6) is 0 Å². The molecule has 1 aliphatic rings. The van der Waals surface area contributed by atoms with E-state index in [1.807, 2.05) is 44.2 Å². The van der Waals surface area contributed by atoms with E-state index in [1.54, 1.807) is 0 Å². The summed E-state index contributed by atoms with van der Waals surface area (Å²) in [5, 5.41) is 7.93. The molecule has 1 aliphatic heterocycles. The van der Waals surface area contributed by atoms with Gasteiger partial charge >= 0.3 is 6.09 Å². The van der Waals surface area contributed by atoms with Crippen molar-refractivity contribution in [1.29, 1.82) is 0 Å². The highest BCUT2D eigenvalue weighted by Crippen LogP contribution is 2.18. The fraction of sp³-hybridized carbons (Fsp3) is 0.545. The third kappa shape index (κ3) is 8.27. The van der Waals surface area contributed by atoms with E-state index in [9.17, 15) is 19.2 Å². The molecule has 1 saturated heterocycles. The van der Waals surface area contributed by atoms with Crippen molar-refractivity contribution in [1.82, 2.24) is 16.0 Å². The maximum atomic E-state index is 12.8. The lowest BCUT2D eigenvalue weighted by molar-refractivity contribution is -0.131. The first-order valence-electron chi connectivity index (χ1n) is 10.6. The Hall–Kier alpha value is -3.10. The van der Waals surface area contributed by atoms with Crippen molar-refractivity contribution >= 4 is 23.8 Å². The van der Waals surface area contributed by atoms with Crippen molar-refractivity contribution in [2.75, 3.05) is 6.54 Å². The van der Waals surface area contributed by atoms with E-state index in [0.717, 1.165) is 12.0 Å². The number of primary amides is 1. The van der Waals surface area contributed by atoms with E-state index >= 15 is 0 Å². The Balaban J connectivity index is 1.96. The quantitative estimate of drug-likeness (QED) is 0.440. The van der Waals surface area contributed by atoms with Crippen LogP contribution in [0.1, 0.15) is 45.1 Å². The molecule has 1 heterocycles. The molecule has 0 radical (unpaired) electrons. The van der Waals surface area contributed by atoms with E-state index in [0.29, 0.717) is 19.4 Å².